The number of ether oxygens (including phenoxy) is 1. The Bertz CT molecular complexity index is 682. The maximum atomic E-state index is 12.3. The highest BCUT2D eigenvalue weighted by Crippen LogP contribution is 2.39. The van der Waals surface area contributed by atoms with Crippen molar-refractivity contribution in [3.8, 4) is 0 Å². The molecule has 1 aromatic heterocycles. The molecule has 6 nitrogen and oxygen atoms in total. The fraction of sp³-hybridized carbons (Fsp3) is 0.773. The number of amides is 1. The van der Waals surface area contributed by atoms with E-state index in [0.717, 1.165) is 56.7 Å². The van der Waals surface area contributed by atoms with E-state index in [0.29, 0.717) is 5.92 Å². The first-order valence-corrected chi connectivity index (χ1v) is 10.9. The standard InChI is InChI=1S/C22H34N4O2/c1-22(2,3)28-21(27)26-12-8-17(9-13-26)16-6-10-25(11-7-16)20-15-23-14-19(24-20)18-4-5-18/h14-18H,4-13H2,1-3H3. The predicted octanol–water partition coefficient (Wildman–Crippen LogP) is 4.22. The van der Waals surface area contributed by atoms with Gasteiger partial charge in [-0.2, -0.15) is 0 Å². The lowest BCUT2D eigenvalue weighted by Crippen LogP contribution is -2.44. The zero-order chi connectivity index (χ0) is 19.7. The maximum Gasteiger partial charge on any atom is 0.410 e. The van der Waals surface area contributed by atoms with Gasteiger partial charge in [0.05, 0.1) is 11.9 Å². The lowest BCUT2D eigenvalue weighted by atomic mass is 9.79. The molecule has 3 aliphatic rings. The summed E-state index contributed by atoms with van der Waals surface area (Å²) in [6.07, 6.45) is 10.9. The van der Waals surface area contributed by atoms with E-state index in [1.165, 1.54) is 31.4 Å². The Hall–Kier alpha value is -1.85. The normalized spacial score (nSPS) is 22.4. The smallest absolute Gasteiger partial charge is 0.410 e. The molecule has 154 valence electrons. The van der Waals surface area contributed by atoms with Crippen molar-refractivity contribution in [2.45, 2.75) is 70.8 Å². The second-order valence-electron chi connectivity index (χ2n) is 9.71. The molecule has 3 heterocycles. The summed E-state index contributed by atoms with van der Waals surface area (Å²) in [7, 11) is 0. The summed E-state index contributed by atoms with van der Waals surface area (Å²) in [5.41, 5.74) is 0.759. The number of likely N-dealkylation sites (tertiary alicyclic amines) is 1. The summed E-state index contributed by atoms with van der Waals surface area (Å²) in [6, 6.07) is 0. The number of rotatable bonds is 3. The molecule has 6 heteroatoms. The topological polar surface area (TPSA) is 58.6 Å². The Labute approximate surface area is 168 Å². The van der Waals surface area contributed by atoms with E-state index in [4.69, 9.17) is 9.72 Å². The molecule has 3 fully saturated rings. The molecule has 0 bridgehead atoms. The van der Waals surface area contributed by atoms with Crippen molar-refractivity contribution in [2.75, 3.05) is 31.1 Å². The van der Waals surface area contributed by atoms with Gasteiger partial charge in [-0.3, -0.25) is 4.98 Å². The van der Waals surface area contributed by atoms with Crippen LogP contribution in [-0.2, 0) is 4.74 Å². The largest absolute Gasteiger partial charge is 0.444 e. The van der Waals surface area contributed by atoms with Crippen LogP contribution in [0.5, 0.6) is 0 Å². The van der Waals surface area contributed by atoms with Crippen LogP contribution in [-0.4, -0.2) is 52.7 Å². The molecule has 1 amide bonds. The summed E-state index contributed by atoms with van der Waals surface area (Å²) in [4.78, 5) is 25.8. The third-order valence-corrected chi connectivity index (χ3v) is 6.36. The Kier molecular flexibility index (Phi) is 5.48. The van der Waals surface area contributed by atoms with E-state index < -0.39 is 5.60 Å². The predicted molar refractivity (Wildman–Crippen MR) is 109 cm³/mol. The molecular formula is C22H34N4O2. The molecule has 0 spiro atoms. The Morgan fingerprint density at radius 1 is 0.964 bits per heavy atom. The van der Waals surface area contributed by atoms with E-state index in [1.807, 2.05) is 38.1 Å². The SMILES string of the molecule is CC(C)(C)OC(=O)N1CCC(C2CCN(c3cncc(C4CC4)n3)CC2)CC1. The molecule has 0 unspecified atom stereocenters. The highest BCUT2D eigenvalue weighted by molar-refractivity contribution is 5.68. The molecule has 2 saturated heterocycles. The number of piperidine rings is 2. The van der Waals surface area contributed by atoms with Crippen molar-refractivity contribution < 1.29 is 9.53 Å². The number of hydrogen-bond donors (Lipinski definition) is 0. The summed E-state index contributed by atoms with van der Waals surface area (Å²) in [5.74, 6) is 3.20. The lowest BCUT2D eigenvalue weighted by molar-refractivity contribution is 0.0152. The first-order valence-electron chi connectivity index (χ1n) is 10.9. The maximum absolute atomic E-state index is 12.3. The first kappa shape index (κ1) is 19.5. The molecule has 1 aliphatic carbocycles. The summed E-state index contributed by atoms with van der Waals surface area (Å²) in [6.45, 7) is 9.57. The number of nitrogens with zero attached hydrogens (tertiary/aromatic N) is 4. The monoisotopic (exact) mass is 386 g/mol. The molecule has 2 aliphatic heterocycles. The van der Waals surface area contributed by atoms with Crippen LogP contribution in [0.3, 0.4) is 0 Å². The van der Waals surface area contributed by atoms with Crippen LogP contribution in [0.25, 0.3) is 0 Å². The summed E-state index contributed by atoms with van der Waals surface area (Å²) in [5, 5.41) is 0. The molecule has 0 atom stereocenters. The Balaban J connectivity index is 1.25. The Morgan fingerprint density at radius 2 is 1.57 bits per heavy atom. The molecule has 1 aromatic rings. The minimum absolute atomic E-state index is 0.158. The van der Waals surface area contributed by atoms with Crippen LogP contribution < -0.4 is 4.90 Å². The van der Waals surface area contributed by atoms with Crippen LogP contribution in [0.2, 0.25) is 0 Å². The van der Waals surface area contributed by atoms with Gasteiger partial charge in [0.2, 0.25) is 0 Å². The quantitative estimate of drug-likeness (QED) is 0.778. The zero-order valence-corrected chi connectivity index (χ0v) is 17.6. The van der Waals surface area contributed by atoms with Gasteiger partial charge in [0.15, 0.2) is 0 Å². The summed E-state index contributed by atoms with van der Waals surface area (Å²) < 4.78 is 5.52. The highest BCUT2D eigenvalue weighted by atomic mass is 16.6. The third kappa shape index (κ3) is 4.76. The third-order valence-electron chi connectivity index (χ3n) is 6.36. The van der Waals surface area contributed by atoms with Crippen molar-refractivity contribution in [1.29, 1.82) is 0 Å². The van der Waals surface area contributed by atoms with Gasteiger partial charge in [-0.1, -0.05) is 0 Å². The van der Waals surface area contributed by atoms with Gasteiger partial charge in [-0.15, -0.1) is 0 Å². The lowest BCUT2D eigenvalue weighted by Gasteiger charge is -2.40. The van der Waals surface area contributed by atoms with Crippen molar-refractivity contribution >= 4 is 11.9 Å². The number of anilines is 1. The van der Waals surface area contributed by atoms with E-state index in [-0.39, 0.29) is 6.09 Å². The van der Waals surface area contributed by atoms with E-state index in [2.05, 4.69) is 9.88 Å². The molecular weight excluding hydrogens is 352 g/mol. The van der Waals surface area contributed by atoms with Gasteiger partial charge in [0.1, 0.15) is 11.4 Å². The van der Waals surface area contributed by atoms with E-state index >= 15 is 0 Å². The minimum atomic E-state index is -0.416. The number of carbonyl (C=O) groups excluding carboxylic acids is 1. The average Bonchev–Trinajstić information content (AvgIpc) is 3.52. The molecule has 4 rings (SSSR count). The van der Waals surface area contributed by atoms with Gasteiger partial charge in [-0.05, 0) is 71.1 Å². The van der Waals surface area contributed by atoms with Crippen molar-refractivity contribution in [1.82, 2.24) is 14.9 Å². The van der Waals surface area contributed by atoms with E-state index in [1.54, 1.807) is 0 Å². The molecule has 0 N–H and O–H groups in total. The van der Waals surface area contributed by atoms with Crippen molar-refractivity contribution in [2.24, 2.45) is 11.8 Å². The van der Waals surface area contributed by atoms with Crippen molar-refractivity contribution in [3.63, 3.8) is 0 Å². The fourth-order valence-corrected chi connectivity index (χ4v) is 4.58. The zero-order valence-electron chi connectivity index (χ0n) is 17.6. The van der Waals surface area contributed by atoms with Crippen LogP contribution in [0.1, 0.15) is 70.9 Å². The molecule has 1 saturated carbocycles. The molecule has 28 heavy (non-hydrogen) atoms. The second kappa shape index (κ2) is 7.88. The second-order valence-corrected chi connectivity index (χ2v) is 9.71. The van der Waals surface area contributed by atoms with E-state index in [9.17, 15) is 4.79 Å². The van der Waals surface area contributed by atoms with Crippen LogP contribution in [0.4, 0.5) is 10.6 Å². The molecule has 0 aromatic carbocycles. The van der Waals surface area contributed by atoms with Crippen LogP contribution >= 0.6 is 0 Å². The number of carbonyl (C=O) groups is 1. The Morgan fingerprint density at radius 3 is 2.14 bits per heavy atom. The minimum Gasteiger partial charge on any atom is -0.444 e. The number of aromatic nitrogens is 2. The van der Waals surface area contributed by atoms with Crippen LogP contribution in [0, 0.1) is 11.8 Å². The summed E-state index contributed by atoms with van der Waals surface area (Å²) >= 11 is 0. The highest BCUT2D eigenvalue weighted by Gasteiger charge is 2.33. The van der Waals surface area contributed by atoms with Crippen LogP contribution in [0.15, 0.2) is 12.4 Å². The van der Waals surface area contributed by atoms with Gasteiger partial charge >= 0.3 is 6.09 Å². The van der Waals surface area contributed by atoms with Crippen molar-refractivity contribution in [3.05, 3.63) is 18.1 Å². The fourth-order valence-electron chi connectivity index (χ4n) is 4.58. The average molecular weight is 387 g/mol. The van der Waals surface area contributed by atoms with Gasteiger partial charge in [0.25, 0.3) is 0 Å². The molecule has 0 radical (unpaired) electrons. The first-order chi connectivity index (χ1) is 13.4. The van der Waals surface area contributed by atoms with Gasteiger partial charge in [-0.25, -0.2) is 9.78 Å². The van der Waals surface area contributed by atoms with Gasteiger partial charge < -0.3 is 14.5 Å². The number of hydrogen-bond acceptors (Lipinski definition) is 5. The van der Waals surface area contributed by atoms with Gasteiger partial charge in [0, 0.05) is 38.3 Å².